The highest BCUT2D eigenvalue weighted by atomic mass is 32.2. The van der Waals surface area contributed by atoms with Gasteiger partial charge in [0.2, 0.25) is 10.0 Å². The number of hydrogen-bond acceptors (Lipinski definition) is 4. The molecule has 7 heteroatoms. The molecule has 2 unspecified atom stereocenters. The van der Waals surface area contributed by atoms with Gasteiger partial charge in [0.25, 0.3) is 5.91 Å². The lowest BCUT2D eigenvalue weighted by Crippen LogP contribution is -2.48. The van der Waals surface area contributed by atoms with Crippen LogP contribution in [-0.2, 0) is 14.8 Å². The molecule has 1 aromatic carbocycles. The number of sulfonamides is 1. The number of hydrogen-bond donors (Lipinski definition) is 1. The maximum atomic E-state index is 12.6. The van der Waals surface area contributed by atoms with Crippen molar-refractivity contribution in [2.24, 2.45) is 0 Å². The third-order valence-electron chi connectivity index (χ3n) is 3.52. The Morgan fingerprint density at radius 3 is 2.65 bits per heavy atom. The van der Waals surface area contributed by atoms with Crippen molar-refractivity contribution in [1.82, 2.24) is 9.62 Å². The number of amides is 1. The van der Waals surface area contributed by atoms with Gasteiger partial charge < -0.3 is 9.64 Å². The molecule has 126 valence electrons. The SMILES string of the molecule is C=CCNS(=O)(=O)c1cccc(C(=O)N2CC(C)OC(C)C2)c1. The van der Waals surface area contributed by atoms with E-state index in [0.29, 0.717) is 18.7 Å². The Morgan fingerprint density at radius 1 is 1.39 bits per heavy atom. The molecule has 1 fully saturated rings. The van der Waals surface area contributed by atoms with Gasteiger partial charge in [-0.05, 0) is 32.0 Å². The minimum Gasteiger partial charge on any atom is -0.372 e. The second kappa shape index (κ2) is 7.25. The molecule has 1 aliphatic heterocycles. The largest absolute Gasteiger partial charge is 0.372 e. The number of carbonyl (C=O) groups excluding carboxylic acids is 1. The van der Waals surface area contributed by atoms with E-state index in [0.717, 1.165) is 0 Å². The fourth-order valence-corrected chi connectivity index (χ4v) is 3.62. The van der Waals surface area contributed by atoms with Gasteiger partial charge in [-0.15, -0.1) is 6.58 Å². The van der Waals surface area contributed by atoms with Crippen LogP contribution in [0.1, 0.15) is 24.2 Å². The monoisotopic (exact) mass is 338 g/mol. The van der Waals surface area contributed by atoms with Crippen LogP contribution in [0.25, 0.3) is 0 Å². The third kappa shape index (κ3) is 4.40. The lowest BCUT2D eigenvalue weighted by molar-refractivity contribution is -0.0586. The number of nitrogens with zero attached hydrogens (tertiary/aromatic N) is 1. The predicted octanol–water partition coefficient (Wildman–Crippen LogP) is 1.40. The third-order valence-corrected chi connectivity index (χ3v) is 4.94. The summed E-state index contributed by atoms with van der Waals surface area (Å²) < 4.78 is 32.3. The van der Waals surface area contributed by atoms with Gasteiger partial charge in [-0.3, -0.25) is 4.79 Å². The molecule has 6 nitrogen and oxygen atoms in total. The average molecular weight is 338 g/mol. The fourth-order valence-electron chi connectivity index (χ4n) is 2.57. The molecule has 1 amide bonds. The van der Waals surface area contributed by atoms with Gasteiger partial charge in [-0.1, -0.05) is 12.1 Å². The summed E-state index contributed by atoms with van der Waals surface area (Å²) in [6.07, 6.45) is 1.39. The molecule has 0 bridgehead atoms. The van der Waals surface area contributed by atoms with Crippen LogP contribution >= 0.6 is 0 Å². The molecule has 1 N–H and O–H groups in total. The summed E-state index contributed by atoms with van der Waals surface area (Å²) in [5, 5.41) is 0. The number of morpholine rings is 1. The van der Waals surface area contributed by atoms with Crippen LogP contribution in [0.2, 0.25) is 0 Å². The Kier molecular flexibility index (Phi) is 5.56. The molecule has 0 spiro atoms. The quantitative estimate of drug-likeness (QED) is 0.824. The number of nitrogens with one attached hydrogen (secondary N) is 1. The molecule has 2 atom stereocenters. The standard InChI is InChI=1S/C16H22N2O4S/c1-4-8-17-23(20,21)15-7-5-6-14(9-15)16(19)18-10-12(2)22-13(3)11-18/h4-7,9,12-13,17H,1,8,10-11H2,2-3H3. The Morgan fingerprint density at radius 2 is 2.04 bits per heavy atom. The van der Waals surface area contributed by atoms with Gasteiger partial charge in [0, 0.05) is 25.2 Å². The van der Waals surface area contributed by atoms with E-state index in [9.17, 15) is 13.2 Å². The van der Waals surface area contributed by atoms with Crippen molar-refractivity contribution in [3.05, 3.63) is 42.5 Å². The minimum atomic E-state index is -3.65. The molecule has 23 heavy (non-hydrogen) atoms. The van der Waals surface area contributed by atoms with Gasteiger partial charge in [0.1, 0.15) is 0 Å². The van der Waals surface area contributed by atoms with E-state index in [1.165, 1.54) is 18.2 Å². The molecular formula is C16H22N2O4S. The zero-order chi connectivity index (χ0) is 17.0. The van der Waals surface area contributed by atoms with E-state index in [-0.39, 0.29) is 29.6 Å². The first kappa shape index (κ1) is 17.7. The first-order valence-electron chi connectivity index (χ1n) is 7.49. The topological polar surface area (TPSA) is 75.7 Å². The molecule has 1 heterocycles. The number of ether oxygens (including phenoxy) is 1. The second-order valence-electron chi connectivity index (χ2n) is 5.64. The molecule has 1 saturated heterocycles. The van der Waals surface area contributed by atoms with Crippen LogP contribution < -0.4 is 4.72 Å². The lowest BCUT2D eigenvalue weighted by Gasteiger charge is -2.35. The number of carbonyl (C=O) groups is 1. The van der Waals surface area contributed by atoms with Crippen LogP contribution in [0.15, 0.2) is 41.8 Å². The van der Waals surface area contributed by atoms with Crippen molar-refractivity contribution in [3.8, 4) is 0 Å². The molecule has 2 rings (SSSR count). The summed E-state index contributed by atoms with van der Waals surface area (Å²) in [6, 6.07) is 6.06. The van der Waals surface area contributed by atoms with E-state index in [1.807, 2.05) is 13.8 Å². The highest BCUT2D eigenvalue weighted by molar-refractivity contribution is 7.89. The highest BCUT2D eigenvalue weighted by Gasteiger charge is 2.27. The van der Waals surface area contributed by atoms with E-state index in [1.54, 1.807) is 17.0 Å². The lowest BCUT2D eigenvalue weighted by atomic mass is 10.1. The predicted molar refractivity (Wildman–Crippen MR) is 87.7 cm³/mol. The van der Waals surface area contributed by atoms with E-state index in [2.05, 4.69) is 11.3 Å². The van der Waals surface area contributed by atoms with E-state index in [4.69, 9.17) is 4.74 Å². The number of rotatable bonds is 5. The zero-order valence-corrected chi connectivity index (χ0v) is 14.2. The van der Waals surface area contributed by atoms with Crippen LogP contribution in [-0.4, -0.2) is 51.1 Å². The summed E-state index contributed by atoms with van der Waals surface area (Å²) in [7, 11) is -3.65. The van der Waals surface area contributed by atoms with Crippen molar-refractivity contribution in [3.63, 3.8) is 0 Å². The Labute approximate surface area is 137 Å². The number of benzene rings is 1. The smallest absolute Gasteiger partial charge is 0.254 e. The zero-order valence-electron chi connectivity index (χ0n) is 13.4. The van der Waals surface area contributed by atoms with Gasteiger partial charge in [0.15, 0.2) is 0 Å². The molecular weight excluding hydrogens is 316 g/mol. The van der Waals surface area contributed by atoms with Crippen LogP contribution in [0, 0.1) is 0 Å². The van der Waals surface area contributed by atoms with Crippen molar-refractivity contribution < 1.29 is 17.9 Å². The summed E-state index contributed by atoms with van der Waals surface area (Å²) in [4.78, 5) is 14.4. The molecule has 0 saturated carbocycles. The van der Waals surface area contributed by atoms with Gasteiger partial charge >= 0.3 is 0 Å². The maximum absolute atomic E-state index is 12.6. The Bertz CT molecular complexity index is 677. The van der Waals surface area contributed by atoms with Crippen LogP contribution in [0.3, 0.4) is 0 Å². The van der Waals surface area contributed by atoms with Gasteiger partial charge in [0.05, 0.1) is 17.1 Å². The van der Waals surface area contributed by atoms with Crippen molar-refractivity contribution in [2.75, 3.05) is 19.6 Å². The Hall–Kier alpha value is -1.70. The molecule has 1 aliphatic rings. The normalized spacial score (nSPS) is 21.9. The minimum absolute atomic E-state index is 0.0381. The molecule has 1 aromatic rings. The second-order valence-corrected chi connectivity index (χ2v) is 7.40. The van der Waals surface area contributed by atoms with Gasteiger partial charge in [-0.25, -0.2) is 13.1 Å². The van der Waals surface area contributed by atoms with Crippen molar-refractivity contribution in [2.45, 2.75) is 31.0 Å². The van der Waals surface area contributed by atoms with E-state index < -0.39 is 10.0 Å². The molecule has 0 aromatic heterocycles. The first-order chi connectivity index (χ1) is 10.8. The van der Waals surface area contributed by atoms with Gasteiger partial charge in [-0.2, -0.15) is 0 Å². The van der Waals surface area contributed by atoms with Crippen LogP contribution in [0.4, 0.5) is 0 Å². The Balaban J connectivity index is 2.22. The van der Waals surface area contributed by atoms with Crippen molar-refractivity contribution in [1.29, 1.82) is 0 Å². The first-order valence-corrected chi connectivity index (χ1v) is 8.97. The summed E-state index contributed by atoms with van der Waals surface area (Å²) in [5.74, 6) is -0.187. The fraction of sp³-hybridized carbons (Fsp3) is 0.438. The highest BCUT2D eigenvalue weighted by Crippen LogP contribution is 2.17. The molecule has 0 radical (unpaired) electrons. The van der Waals surface area contributed by atoms with E-state index >= 15 is 0 Å². The molecule has 0 aliphatic carbocycles. The summed E-state index contributed by atoms with van der Waals surface area (Å²) >= 11 is 0. The van der Waals surface area contributed by atoms with Crippen LogP contribution in [0.5, 0.6) is 0 Å². The van der Waals surface area contributed by atoms with Crippen molar-refractivity contribution >= 4 is 15.9 Å². The summed E-state index contributed by atoms with van der Waals surface area (Å²) in [5.41, 5.74) is 0.354. The summed E-state index contributed by atoms with van der Waals surface area (Å²) in [6.45, 7) is 8.43. The average Bonchev–Trinajstić information content (AvgIpc) is 2.51. The maximum Gasteiger partial charge on any atom is 0.254 e.